The lowest BCUT2D eigenvalue weighted by Gasteiger charge is -2.17. The molecule has 2 unspecified atom stereocenters. The van der Waals surface area contributed by atoms with E-state index in [1.54, 1.807) is 0 Å². The van der Waals surface area contributed by atoms with Crippen LogP contribution in [0.15, 0.2) is 23.3 Å². The van der Waals surface area contributed by atoms with Gasteiger partial charge in [0, 0.05) is 23.1 Å². The molecular formula is C10H11FN4O4. The number of nitro benzene ring substituents is 1. The van der Waals surface area contributed by atoms with E-state index in [4.69, 9.17) is 5.53 Å². The van der Waals surface area contributed by atoms with E-state index in [0.717, 1.165) is 12.1 Å². The van der Waals surface area contributed by atoms with Crippen molar-refractivity contribution in [2.75, 3.05) is 6.54 Å². The minimum Gasteiger partial charge on any atom is -0.390 e. The molecule has 0 amide bonds. The van der Waals surface area contributed by atoms with Crippen molar-refractivity contribution >= 4 is 5.69 Å². The second kappa shape index (κ2) is 6.64. The molecule has 102 valence electrons. The smallest absolute Gasteiger partial charge is 0.305 e. The molecule has 1 aromatic rings. The Morgan fingerprint density at radius 2 is 2.21 bits per heavy atom. The van der Waals surface area contributed by atoms with Gasteiger partial charge in [0.15, 0.2) is 0 Å². The summed E-state index contributed by atoms with van der Waals surface area (Å²) >= 11 is 0. The molecule has 0 saturated carbocycles. The van der Waals surface area contributed by atoms with E-state index in [1.807, 2.05) is 0 Å². The fourth-order valence-corrected chi connectivity index (χ4v) is 1.51. The van der Waals surface area contributed by atoms with Gasteiger partial charge in [-0.3, -0.25) is 10.1 Å². The van der Waals surface area contributed by atoms with Crippen LogP contribution in [0.5, 0.6) is 0 Å². The van der Waals surface area contributed by atoms with E-state index in [-0.39, 0.29) is 18.5 Å². The molecule has 9 heteroatoms. The molecule has 0 spiro atoms. The zero-order chi connectivity index (χ0) is 14.4. The number of hydrogen-bond donors (Lipinski definition) is 2. The van der Waals surface area contributed by atoms with Crippen molar-refractivity contribution < 1.29 is 19.5 Å². The molecule has 2 N–H and O–H groups in total. The standard InChI is InChI=1S/C10H11FN4O4/c11-9-6(2-1-3-7(9)15(18)19)10(17)8(16)4-5-13-14-12/h1-3,8,10,16-17H,4-5H2. The Morgan fingerprint density at radius 3 is 2.79 bits per heavy atom. The summed E-state index contributed by atoms with van der Waals surface area (Å²) in [6, 6.07) is 3.31. The molecule has 0 aliphatic heterocycles. The van der Waals surface area contributed by atoms with Gasteiger partial charge >= 0.3 is 5.69 Å². The maximum atomic E-state index is 13.7. The minimum atomic E-state index is -1.63. The van der Waals surface area contributed by atoms with Crippen LogP contribution >= 0.6 is 0 Å². The maximum absolute atomic E-state index is 13.7. The second-order valence-electron chi connectivity index (χ2n) is 3.69. The van der Waals surface area contributed by atoms with Crippen LogP contribution in [0.3, 0.4) is 0 Å². The van der Waals surface area contributed by atoms with Gasteiger partial charge in [-0.1, -0.05) is 17.2 Å². The van der Waals surface area contributed by atoms with Crippen LogP contribution in [0, 0.1) is 15.9 Å². The van der Waals surface area contributed by atoms with Crippen molar-refractivity contribution in [3.63, 3.8) is 0 Å². The first-order chi connectivity index (χ1) is 8.99. The van der Waals surface area contributed by atoms with Crippen LogP contribution in [0.1, 0.15) is 18.1 Å². The summed E-state index contributed by atoms with van der Waals surface area (Å²) in [4.78, 5) is 12.1. The van der Waals surface area contributed by atoms with E-state index < -0.39 is 28.6 Å². The summed E-state index contributed by atoms with van der Waals surface area (Å²) in [6.07, 6.45) is -3.11. The third-order valence-electron chi connectivity index (χ3n) is 2.48. The van der Waals surface area contributed by atoms with Gasteiger partial charge in [-0.25, -0.2) is 0 Å². The highest BCUT2D eigenvalue weighted by atomic mass is 19.1. The minimum absolute atomic E-state index is 0.0781. The molecule has 0 saturated heterocycles. The van der Waals surface area contributed by atoms with Crippen LogP contribution in [-0.4, -0.2) is 27.8 Å². The third-order valence-corrected chi connectivity index (χ3v) is 2.48. The number of nitrogens with zero attached hydrogens (tertiary/aromatic N) is 4. The number of rotatable bonds is 6. The fraction of sp³-hybridized carbons (Fsp3) is 0.400. The average Bonchev–Trinajstić information content (AvgIpc) is 2.38. The summed E-state index contributed by atoms with van der Waals surface area (Å²) in [7, 11) is 0. The number of aliphatic hydroxyl groups excluding tert-OH is 2. The number of hydrogen-bond acceptors (Lipinski definition) is 5. The Balaban J connectivity index is 2.93. The predicted molar refractivity (Wildman–Crippen MR) is 62.7 cm³/mol. The van der Waals surface area contributed by atoms with Crippen molar-refractivity contribution in [1.82, 2.24) is 0 Å². The SMILES string of the molecule is [N-]=[N+]=NCCC(O)C(O)c1cccc([N+](=O)[O-])c1F. The van der Waals surface area contributed by atoms with Crippen LogP contribution in [0.2, 0.25) is 0 Å². The molecule has 1 aromatic carbocycles. The highest BCUT2D eigenvalue weighted by Crippen LogP contribution is 2.27. The maximum Gasteiger partial charge on any atom is 0.305 e. The third kappa shape index (κ3) is 3.62. The van der Waals surface area contributed by atoms with Crippen LogP contribution in [0.4, 0.5) is 10.1 Å². The Labute approximate surface area is 106 Å². The van der Waals surface area contributed by atoms with Crippen molar-refractivity contribution in [2.24, 2.45) is 5.11 Å². The van der Waals surface area contributed by atoms with Crippen molar-refractivity contribution in [2.45, 2.75) is 18.6 Å². The van der Waals surface area contributed by atoms with Crippen LogP contribution in [0.25, 0.3) is 10.4 Å². The average molecular weight is 270 g/mol. The van der Waals surface area contributed by atoms with Gasteiger partial charge in [0.2, 0.25) is 5.82 Å². The van der Waals surface area contributed by atoms with E-state index in [1.165, 1.54) is 6.07 Å². The Kier molecular flexibility index (Phi) is 5.19. The summed E-state index contributed by atoms with van der Waals surface area (Å²) in [5.41, 5.74) is 6.90. The molecule has 1 rings (SSSR count). The first-order valence-corrected chi connectivity index (χ1v) is 5.28. The molecule has 0 fully saturated rings. The number of benzene rings is 1. The van der Waals surface area contributed by atoms with E-state index in [0.29, 0.717) is 0 Å². The number of nitro groups is 1. The predicted octanol–water partition coefficient (Wildman–Crippen LogP) is 1.83. The van der Waals surface area contributed by atoms with E-state index >= 15 is 0 Å². The quantitative estimate of drug-likeness (QED) is 0.268. The Bertz CT molecular complexity index is 518. The molecule has 0 heterocycles. The van der Waals surface area contributed by atoms with Gasteiger partial charge in [-0.05, 0) is 12.0 Å². The fourth-order valence-electron chi connectivity index (χ4n) is 1.51. The highest BCUT2D eigenvalue weighted by molar-refractivity contribution is 5.38. The first kappa shape index (κ1) is 14.8. The molecule has 8 nitrogen and oxygen atoms in total. The molecule has 0 radical (unpaired) electrons. The topological polar surface area (TPSA) is 132 Å². The van der Waals surface area contributed by atoms with Crippen LogP contribution in [-0.2, 0) is 0 Å². The number of aliphatic hydroxyl groups is 2. The monoisotopic (exact) mass is 270 g/mol. The van der Waals surface area contributed by atoms with Gasteiger partial charge in [-0.2, -0.15) is 4.39 Å². The van der Waals surface area contributed by atoms with Crippen molar-refractivity contribution in [3.8, 4) is 0 Å². The van der Waals surface area contributed by atoms with Gasteiger partial charge in [0.25, 0.3) is 0 Å². The van der Waals surface area contributed by atoms with Gasteiger partial charge < -0.3 is 10.2 Å². The van der Waals surface area contributed by atoms with Gasteiger partial charge in [-0.15, -0.1) is 0 Å². The molecular weight excluding hydrogens is 259 g/mol. The molecule has 0 aromatic heterocycles. The van der Waals surface area contributed by atoms with Gasteiger partial charge in [0.1, 0.15) is 6.10 Å². The second-order valence-corrected chi connectivity index (χ2v) is 3.69. The first-order valence-electron chi connectivity index (χ1n) is 5.28. The van der Waals surface area contributed by atoms with Crippen LogP contribution < -0.4 is 0 Å². The number of azide groups is 1. The Hall–Kier alpha value is -2.22. The molecule has 0 bridgehead atoms. The zero-order valence-electron chi connectivity index (χ0n) is 9.68. The van der Waals surface area contributed by atoms with E-state index in [9.17, 15) is 24.7 Å². The molecule has 2 atom stereocenters. The largest absolute Gasteiger partial charge is 0.390 e. The molecule has 0 aliphatic carbocycles. The summed E-state index contributed by atoms with van der Waals surface area (Å²) in [6.45, 7) is -0.0781. The molecule has 0 aliphatic rings. The van der Waals surface area contributed by atoms with Gasteiger partial charge in [0.05, 0.1) is 11.0 Å². The summed E-state index contributed by atoms with van der Waals surface area (Å²) in [5, 5.41) is 33.0. The molecule has 19 heavy (non-hydrogen) atoms. The van der Waals surface area contributed by atoms with E-state index in [2.05, 4.69) is 10.0 Å². The van der Waals surface area contributed by atoms with Crippen molar-refractivity contribution in [3.05, 3.63) is 50.1 Å². The van der Waals surface area contributed by atoms with Crippen molar-refractivity contribution in [1.29, 1.82) is 0 Å². The lowest BCUT2D eigenvalue weighted by molar-refractivity contribution is -0.387. The Morgan fingerprint density at radius 1 is 1.53 bits per heavy atom. The summed E-state index contributed by atoms with van der Waals surface area (Å²) < 4.78 is 13.7. The highest BCUT2D eigenvalue weighted by Gasteiger charge is 2.26. The summed E-state index contributed by atoms with van der Waals surface area (Å²) in [5.74, 6) is -1.19. The number of halogens is 1. The lowest BCUT2D eigenvalue weighted by atomic mass is 10.0. The normalized spacial score (nSPS) is 13.4. The zero-order valence-corrected chi connectivity index (χ0v) is 9.68. The lowest BCUT2D eigenvalue weighted by Crippen LogP contribution is -2.20.